The number of likely N-dealkylation sites (N-methyl/N-ethyl adjacent to an activating group) is 1. The van der Waals surface area contributed by atoms with Crippen molar-refractivity contribution in [2.24, 2.45) is 0 Å². The summed E-state index contributed by atoms with van der Waals surface area (Å²) < 4.78 is 25.9. The van der Waals surface area contributed by atoms with E-state index in [1.165, 1.54) is 6.26 Å². The van der Waals surface area contributed by atoms with Gasteiger partial charge in [-0.2, -0.15) is 0 Å². The predicted octanol–water partition coefficient (Wildman–Crippen LogP) is 2.37. The van der Waals surface area contributed by atoms with Crippen LogP contribution in [-0.2, 0) is 21.2 Å². The van der Waals surface area contributed by atoms with Crippen molar-refractivity contribution in [2.45, 2.75) is 44.0 Å². The van der Waals surface area contributed by atoms with Gasteiger partial charge in [-0.3, -0.25) is 4.79 Å². The van der Waals surface area contributed by atoms with Crippen molar-refractivity contribution in [1.29, 1.82) is 0 Å². The van der Waals surface area contributed by atoms with E-state index in [9.17, 15) is 13.2 Å². The molecule has 0 spiro atoms. The Morgan fingerprint density at radius 1 is 1.29 bits per heavy atom. The second-order valence-electron chi connectivity index (χ2n) is 6.80. The molecule has 2 atom stereocenters. The Labute approximate surface area is 143 Å². The van der Waals surface area contributed by atoms with Crippen LogP contribution in [0.15, 0.2) is 30.3 Å². The zero-order valence-electron chi connectivity index (χ0n) is 14.4. The van der Waals surface area contributed by atoms with Crippen LogP contribution in [0.4, 0.5) is 0 Å². The van der Waals surface area contributed by atoms with Crippen LogP contribution in [0, 0.1) is 6.92 Å². The molecule has 1 heterocycles. The SMILES string of the molecule is Cc1cc2ccccc2n1CC(=O)N(C)C1CCCC1S(C)(=O)=O. The molecule has 6 heteroatoms. The Bertz CT molecular complexity index is 870. The van der Waals surface area contributed by atoms with Crippen LogP contribution in [0.3, 0.4) is 0 Å². The van der Waals surface area contributed by atoms with Gasteiger partial charge in [-0.1, -0.05) is 18.2 Å². The van der Waals surface area contributed by atoms with Crippen LogP contribution in [0.25, 0.3) is 10.9 Å². The monoisotopic (exact) mass is 348 g/mol. The van der Waals surface area contributed by atoms with Crippen molar-refractivity contribution in [2.75, 3.05) is 13.3 Å². The highest BCUT2D eigenvalue weighted by molar-refractivity contribution is 7.91. The molecule has 2 unspecified atom stereocenters. The van der Waals surface area contributed by atoms with Crippen LogP contribution < -0.4 is 0 Å². The largest absolute Gasteiger partial charge is 0.340 e. The molecule has 24 heavy (non-hydrogen) atoms. The molecule has 5 nitrogen and oxygen atoms in total. The highest BCUT2D eigenvalue weighted by Gasteiger charge is 2.38. The molecule has 0 N–H and O–H groups in total. The van der Waals surface area contributed by atoms with Gasteiger partial charge in [0, 0.05) is 30.6 Å². The fraction of sp³-hybridized carbons (Fsp3) is 0.500. The van der Waals surface area contributed by atoms with Crippen LogP contribution in [0.2, 0.25) is 0 Å². The van der Waals surface area contributed by atoms with Crippen LogP contribution in [0.5, 0.6) is 0 Å². The van der Waals surface area contributed by atoms with E-state index < -0.39 is 15.1 Å². The zero-order valence-corrected chi connectivity index (χ0v) is 15.2. The molecular formula is C18H24N2O3S. The number of carbonyl (C=O) groups excluding carboxylic acids is 1. The molecule has 1 saturated carbocycles. The lowest BCUT2D eigenvalue weighted by molar-refractivity contribution is -0.132. The first-order valence-corrected chi connectivity index (χ1v) is 10.2. The Hall–Kier alpha value is -1.82. The molecule has 130 valence electrons. The summed E-state index contributed by atoms with van der Waals surface area (Å²) in [5.74, 6) is -0.0417. The van der Waals surface area contributed by atoms with Gasteiger partial charge in [0.2, 0.25) is 5.91 Å². The molecule has 2 aromatic rings. The molecule has 3 rings (SSSR count). The van der Waals surface area contributed by atoms with Gasteiger partial charge in [0.1, 0.15) is 6.54 Å². The van der Waals surface area contributed by atoms with Gasteiger partial charge in [0.15, 0.2) is 9.84 Å². The summed E-state index contributed by atoms with van der Waals surface area (Å²) in [4.78, 5) is 14.4. The van der Waals surface area contributed by atoms with Gasteiger partial charge in [0.25, 0.3) is 0 Å². The number of para-hydroxylation sites is 1. The number of hydrogen-bond donors (Lipinski definition) is 0. The highest BCUT2D eigenvalue weighted by atomic mass is 32.2. The van der Waals surface area contributed by atoms with E-state index >= 15 is 0 Å². The third kappa shape index (κ3) is 3.07. The number of aryl methyl sites for hydroxylation is 1. The lowest BCUT2D eigenvalue weighted by Crippen LogP contribution is -2.45. The normalized spacial score (nSPS) is 21.3. The van der Waals surface area contributed by atoms with Crippen molar-refractivity contribution < 1.29 is 13.2 Å². The summed E-state index contributed by atoms with van der Waals surface area (Å²) >= 11 is 0. The first-order valence-electron chi connectivity index (χ1n) is 8.28. The minimum atomic E-state index is -3.14. The zero-order chi connectivity index (χ0) is 17.5. The molecule has 0 radical (unpaired) electrons. The quantitative estimate of drug-likeness (QED) is 0.852. The number of amides is 1. The van der Waals surface area contributed by atoms with Crippen molar-refractivity contribution >= 4 is 26.6 Å². The Morgan fingerprint density at radius 2 is 2.00 bits per heavy atom. The summed E-state index contributed by atoms with van der Waals surface area (Å²) in [6, 6.07) is 9.83. The fourth-order valence-corrected chi connectivity index (χ4v) is 5.32. The maximum Gasteiger partial charge on any atom is 0.242 e. The summed E-state index contributed by atoms with van der Waals surface area (Å²) in [6.45, 7) is 2.23. The summed E-state index contributed by atoms with van der Waals surface area (Å²) in [5, 5.41) is 0.675. The molecule has 0 aliphatic heterocycles. The van der Waals surface area contributed by atoms with Crippen molar-refractivity contribution in [3.8, 4) is 0 Å². The van der Waals surface area contributed by atoms with E-state index in [2.05, 4.69) is 6.07 Å². The molecule has 1 aromatic heterocycles. The lowest BCUT2D eigenvalue weighted by Gasteiger charge is -2.29. The molecule has 1 amide bonds. The maximum absolute atomic E-state index is 12.8. The number of hydrogen-bond acceptors (Lipinski definition) is 3. The van der Waals surface area contributed by atoms with Crippen molar-refractivity contribution in [3.63, 3.8) is 0 Å². The van der Waals surface area contributed by atoms with E-state index in [0.717, 1.165) is 29.4 Å². The average molecular weight is 348 g/mol. The molecule has 1 fully saturated rings. The fourth-order valence-electron chi connectivity index (χ4n) is 3.84. The third-order valence-corrected chi connectivity index (χ3v) is 6.82. The van der Waals surface area contributed by atoms with E-state index in [1.807, 2.05) is 35.8 Å². The molecular weight excluding hydrogens is 324 g/mol. The standard InChI is InChI=1S/C18H24N2O3S/c1-13-11-14-7-4-5-8-15(14)20(13)12-18(21)19(2)16-9-6-10-17(16)24(3,22)23/h4-5,7-8,11,16-17H,6,9-10,12H2,1-3H3. The summed E-state index contributed by atoms with van der Waals surface area (Å²) in [7, 11) is -1.40. The van der Waals surface area contributed by atoms with Crippen LogP contribution >= 0.6 is 0 Å². The molecule has 0 bridgehead atoms. The van der Waals surface area contributed by atoms with Gasteiger partial charge in [-0.25, -0.2) is 8.42 Å². The average Bonchev–Trinajstić information content (AvgIpc) is 3.12. The second-order valence-corrected chi connectivity index (χ2v) is 9.07. The smallest absolute Gasteiger partial charge is 0.242 e. The van der Waals surface area contributed by atoms with E-state index in [1.54, 1.807) is 11.9 Å². The van der Waals surface area contributed by atoms with Gasteiger partial charge in [-0.15, -0.1) is 0 Å². The minimum absolute atomic E-state index is 0.0417. The Morgan fingerprint density at radius 3 is 2.71 bits per heavy atom. The van der Waals surface area contributed by atoms with E-state index in [0.29, 0.717) is 6.42 Å². The maximum atomic E-state index is 12.8. The van der Waals surface area contributed by atoms with Gasteiger partial charge >= 0.3 is 0 Å². The van der Waals surface area contributed by atoms with Crippen molar-refractivity contribution in [1.82, 2.24) is 9.47 Å². The third-order valence-electron chi connectivity index (χ3n) is 5.17. The highest BCUT2D eigenvalue weighted by Crippen LogP contribution is 2.29. The molecule has 1 aliphatic carbocycles. The van der Waals surface area contributed by atoms with E-state index in [4.69, 9.17) is 0 Å². The number of sulfone groups is 1. The number of fused-ring (bicyclic) bond motifs is 1. The number of benzene rings is 1. The first kappa shape index (κ1) is 17.0. The molecule has 0 saturated heterocycles. The first-order chi connectivity index (χ1) is 11.3. The van der Waals surface area contributed by atoms with Gasteiger partial charge in [-0.05, 0) is 43.7 Å². The Kier molecular flexibility index (Phi) is 4.42. The van der Waals surface area contributed by atoms with Crippen LogP contribution in [0.1, 0.15) is 25.0 Å². The second kappa shape index (κ2) is 6.24. The molecule has 1 aliphatic rings. The summed E-state index contributed by atoms with van der Waals surface area (Å²) in [5.41, 5.74) is 2.06. The summed E-state index contributed by atoms with van der Waals surface area (Å²) in [6.07, 6.45) is 3.53. The minimum Gasteiger partial charge on any atom is -0.340 e. The number of carbonyl (C=O) groups is 1. The number of nitrogens with zero attached hydrogens (tertiary/aromatic N) is 2. The Balaban J connectivity index is 1.83. The molecule has 1 aromatic carbocycles. The predicted molar refractivity (Wildman–Crippen MR) is 95.7 cm³/mol. The number of aromatic nitrogens is 1. The van der Waals surface area contributed by atoms with Crippen molar-refractivity contribution in [3.05, 3.63) is 36.0 Å². The lowest BCUT2D eigenvalue weighted by atomic mass is 10.2. The van der Waals surface area contributed by atoms with Gasteiger partial charge < -0.3 is 9.47 Å². The number of rotatable bonds is 4. The van der Waals surface area contributed by atoms with Gasteiger partial charge in [0.05, 0.1) is 5.25 Å². The van der Waals surface area contributed by atoms with Crippen LogP contribution in [-0.4, -0.2) is 48.4 Å². The van der Waals surface area contributed by atoms with E-state index in [-0.39, 0.29) is 18.5 Å². The topological polar surface area (TPSA) is 59.4 Å².